The number of benzene rings is 1. The van der Waals surface area contributed by atoms with Crippen molar-refractivity contribution in [1.29, 1.82) is 0 Å². The van der Waals surface area contributed by atoms with Crippen LogP contribution < -0.4 is 5.32 Å². The van der Waals surface area contributed by atoms with Crippen LogP contribution in [-0.2, 0) is 6.18 Å². The molecule has 0 unspecified atom stereocenters. The van der Waals surface area contributed by atoms with Crippen molar-refractivity contribution in [2.45, 2.75) is 19.0 Å². The molecule has 1 aromatic carbocycles. The number of hydrogen-bond acceptors (Lipinski definition) is 1. The first kappa shape index (κ1) is 23.3. The zero-order chi connectivity index (χ0) is 18.0. The number of guanidine groups is 1. The summed E-state index contributed by atoms with van der Waals surface area (Å²) < 4.78 is 37.4. The molecule has 1 rings (SSSR count). The van der Waals surface area contributed by atoms with E-state index in [1.807, 2.05) is 18.0 Å². The first-order chi connectivity index (χ1) is 11.4. The second-order valence-corrected chi connectivity index (χ2v) is 5.13. The van der Waals surface area contributed by atoms with Crippen LogP contribution >= 0.6 is 24.0 Å². The summed E-state index contributed by atoms with van der Waals surface area (Å²) in [4.78, 5) is 6.15. The Bertz CT molecular complexity index is 613. The first-order valence-electron chi connectivity index (χ1n) is 7.57. The zero-order valence-electron chi connectivity index (χ0n) is 14.4. The smallest absolute Gasteiger partial charge is 0.346 e. The number of hydrogen-bond donors (Lipinski definition) is 1. The molecule has 0 aromatic heterocycles. The van der Waals surface area contributed by atoms with E-state index in [2.05, 4.69) is 28.7 Å². The minimum Gasteiger partial charge on any atom is -0.346 e. The van der Waals surface area contributed by atoms with Gasteiger partial charge >= 0.3 is 6.18 Å². The normalized spacial score (nSPS) is 11.0. The topological polar surface area (TPSA) is 27.6 Å². The molecule has 138 valence electrons. The molecule has 0 saturated carbocycles. The van der Waals surface area contributed by atoms with Crippen molar-refractivity contribution in [2.24, 2.45) is 4.99 Å². The molecule has 0 aliphatic carbocycles. The zero-order valence-corrected chi connectivity index (χ0v) is 16.7. The first-order valence-corrected chi connectivity index (χ1v) is 7.57. The lowest BCUT2D eigenvalue weighted by molar-refractivity contribution is -0.137. The highest BCUT2D eigenvalue weighted by Crippen LogP contribution is 2.28. The van der Waals surface area contributed by atoms with Crippen LogP contribution in [0.2, 0.25) is 0 Å². The van der Waals surface area contributed by atoms with Crippen molar-refractivity contribution in [3.05, 3.63) is 48.0 Å². The highest BCUT2D eigenvalue weighted by Gasteiger charge is 2.29. The van der Waals surface area contributed by atoms with Gasteiger partial charge in [0.15, 0.2) is 5.96 Å². The maximum Gasteiger partial charge on any atom is 0.416 e. The highest BCUT2D eigenvalue weighted by atomic mass is 127. The Morgan fingerprint density at radius 3 is 2.48 bits per heavy atom. The van der Waals surface area contributed by atoms with Gasteiger partial charge in [-0.1, -0.05) is 17.9 Å². The Hall–Kier alpha value is -1.69. The molecule has 0 heterocycles. The molecule has 25 heavy (non-hydrogen) atoms. The van der Waals surface area contributed by atoms with Crippen molar-refractivity contribution in [2.75, 3.05) is 27.2 Å². The molecule has 3 nitrogen and oxygen atoms in total. The predicted octanol–water partition coefficient (Wildman–Crippen LogP) is 4.15. The largest absolute Gasteiger partial charge is 0.416 e. The van der Waals surface area contributed by atoms with Crippen LogP contribution in [0.1, 0.15) is 24.0 Å². The minimum absolute atomic E-state index is 0. The number of nitrogens with zero attached hydrogens (tertiary/aromatic N) is 2. The number of nitrogens with one attached hydrogen (secondary N) is 1. The fourth-order valence-corrected chi connectivity index (χ4v) is 1.98. The molecule has 0 aliphatic rings. The van der Waals surface area contributed by atoms with Crippen LogP contribution in [0.15, 0.2) is 41.9 Å². The average Bonchev–Trinajstić information content (AvgIpc) is 2.54. The number of alkyl halides is 3. The standard InChI is InChI=1S/C18H22F3N3.HI/c1-4-5-6-14-24(3)17(22-2)23-13-7-8-15-9-11-16(12-10-15)18(19,20)21;/h4,9-12H,1,5-6,13-14H2,2-3H3,(H,22,23);1H. The van der Waals surface area contributed by atoms with Gasteiger partial charge in [0.2, 0.25) is 0 Å². The lowest BCUT2D eigenvalue weighted by atomic mass is 10.1. The minimum atomic E-state index is -4.32. The summed E-state index contributed by atoms with van der Waals surface area (Å²) in [5, 5.41) is 3.10. The number of aliphatic imine (C=N–C) groups is 1. The van der Waals surface area contributed by atoms with Gasteiger partial charge in [-0.15, -0.1) is 30.6 Å². The molecule has 0 amide bonds. The summed E-state index contributed by atoms with van der Waals surface area (Å²) in [5.74, 6) is 6.43. The van der Waals surface area contributed by atoms with Gasteiger partial charge in [-0.25, -0.2) is 0 Å². The van der Waals surface area contributed by atoms with E-state index in [0.29, 0.717) is 12.1 Å². The molecular weight excluding hydrogens is 442 g/mol. The average molecular weight is 465 g/mol. The van der Waals surface area contributed by atoms with Gasteiger partial charge in [0, 0.05) is 26.2 Å². The van der Waals surface area contributed by atoms with Crippen LogP contribution in [-0.4, -0.2) is 38.0 Å². The molecule has 0 radical (unpaired) electrons. The van der Waals surface area contributed by atoms with Gasteiger partial charge in [-0.05, 0) is 37.1 Å². The van der Waals surface area contributed by atoms with Gasteiger partial charge in [0.1, 0.15) is 0 Å². The third-order valence-electron chi connectivity index (χ3n) is 3.25. The molecule has 0 aliphatic heterocycles. The van der Waals surface area contributed by atoms with Crippen molar-refractivity contribution < 1.29 is 13.2 Å². The summed E-state index contributed by atoms with van der Waals surface area (Å²) >= 11 is 0. The van der Waals surface area contributed by atoms with Crippen molar-refractivity contribution in [3.63, 3.8) is 0 Å². The summed E-state index contributed by atoms with van der Waals surface area (Å²) in [5.41, 5.74) is -0.133. The highest BCUT2D eigenvalue weighted by molar-refractivity contribution is 14.0. The van der Waals surface area contributed by atoms with E-state index in [1.54, 1.807) is 7.05 Å². The molecule has 0 fully saturated rings. The van der Waals surface area contributed by atoms with Gasteiger partial charge in [0.05, 0.1) is 12.1 Å². The monoisotopic (exact) mass is 465 g/mol. The lowest BCUT2D eigenvalue weighted by Crippen LogP contribution is -2.39. The van der Waals surface area contributed by atoms with E-state index < -0.39 is 11.7 Å². The van der Waals surface area contributed by atoms with Crippen molar-refractivity contribution in [3.8, 4) is 11.8 Å². The van der Waals surface area contributed by atoms with E-state index in [9.17, 15) is 13.2 Å². The number of allylic oxidation sites excluding steroid dienone is 1. The van der Waals surface area contributed by atoms with Gasteiger partial charge < -0.3 is 10.2 Å². The molecule has 1 aromatic rings. The third-order valence-corrected chi connectivity index (χ3v) is 3.25. The van der Waals surface area contributed by atoms with Crippen molar-refractivity contribution in [1.82, 2.24) is 10.2 Å². The SMILES string of the molecule is C=CCCCN(C)C(=NC)NCC#Cc1ccc(C(F)(F)F)cc1.I. The Morgan fingerprint density at radius 2 is 1.96 bits per heavy atom. The molecule has 0 bridgehead atoms. The maximum absolute atomic E-state index is 12.5. The van der Waals surface area contributed by atoms with E-state index in [1.165, 1.54) is 12.1 Å². The van der Waals surface area contributed by atoms with E-state index >= 15 is 0 Å². The second-order valence-electron chi connectivity index (χ2n) is 5.13. The van der Waals surface area contributed by atoms with Gasteiger partial charge in [0.25, 0.3) is 0 Å². The Morgan fingerprint density at radius 1 is 1.32 bits per heavy atom. The Balaban J connectivity index is 0.00000576. The van der Waals surface area contributed by atoms with Gasteiger partial charge in [-0.3, -0.25) is 4.99 Å². The third kappa shape index (κ3) is 8.82. The summed E-state index contributed by atoms with van der Waals surface area (Å²) in [6, 6.07) is 4.80. The number of rotatable bonds is 5. The predicted molar refractivity (Wildman–Crippen MR) is 107 cm³/mol. The van der Waals surface area contributed by atoms with Crippen LogP contribution in [0, 0.1) is 11.8 Å². The molecule has 0 saturated heterocycles. The fourth-order valence-electron chi connectivity index (χ4n) is 1.98. The van der Waals surface area contributed by atoms with Crippen molar-refractivity contribution >= 4 is 29.9 Å². The van der Waals surface area contributed by atoms with E-state index in [-0.39, 0.29) is 24.0 Å². The van der Waals surface area contributed by atoms with Crippen LogP contribution in [0.3, 0.4) is 0 Å². The van der Waals surface area contributed by atoms with Crippen LogP contribution in [0.4, 0.5) is 13.2 Å². The fraction of sp³-hybridized carbons (Fsp3) is 0.389. The number of halogens is 4. The Kier molecular flexibility index (Phi) is 11.0. The van der Waals surface area contributed by atoms with Crippen LogP contribution in [0.25, 0.3) is 0 Å². The summed E-state index contributed by atoms with van der Waals surface area (Å²) in [6.07, 6.45) is -0.525. The molecule has 0 atom stereocenters. The molecular formula is C18H23F3IN3. The van der Waals surface area contributed by atoms with Crippen LogP contribution in [0.5, 0.6) is 0 Å². The van der Waals surface area contributed by atoms with E-state index in [0.717, 1.165) is 37.5 Å². The number of unbranched alkanes of at least 4 members (excludes halogenated alkanes) is 1. The summed E-state index contributed by atoms with van der Waals surface area (Å²) in [6.45, 7) is 4.89. The lowest BCUT2D eigenvalue weighted by Gasteiger charge is -2.20. The maximum atomic E-state index is 12.5. The molecule has 1 N–H and O–H groups in total. The molecule has 0 spiro atoms. The van der Waals surface area contributed by atoms with Gasteiger partial charge in [-0.2, -0.15) is 13.2 Å². The molecule has 7 heteroatoms. The quantitative estimate of drug-likeness (QED) is 0.177. The summed E-state index contributed by atoms with van der Waals surface area (Å²) in [7, 11) is 3.62. The second kappa shape index (κ2) is 11.8. The van der Waals surface area contributed by atoms with E-state index in [4.69, 9.17) is 0 Å². The Labute approximate surface area is 164 Å².